The van der Waals surface area contributed by atoms with Crippen LogP contribution in [0.1, 0.15) is 42.4 Å². The van der Waals surface area contributed by atoms with E-state index in [0.717, 1.165) is 73.9 Å². The van der Waals surface area contributed by atoms with Crippen molar-refractivity contribution >= 4 is 27.5 Å². The van der Waals surface area contributed by atoms with Gasteiger partial charge in [0.1, 0.15) is 10.6 Å². The smallest absolute Gasteiger partial charge is 0.264 e. The highest BCUT2D eigenvalue weighted by atomic mass is 32.1. The summed E-state index contributed by atoms with van der Waals surface area (Å²) < 4.78 is 7.43. The Kier molecular flexibility index (Phi) is 5.18. The van der Waals surface area contributed by atoms with Crippen LogP contribution in [0.2, 0.25) is 0 Å². The zero-order valence-electron chi connectivity index (χ0n) is 17.0. The number of piperazine rings is 1. The van der Waals surface area contributed by atoms with Crippen molar-refractivity contribution in [1.82, 2.24) is 14.5 Å². The number of thiophene rings is 1. The molecular formula is C22H28N4O2S. The van der Waals surface area contributed by atoms with Crippen molar-refractivity contribution in [2.75, 3.05) is 37.6 Å². The van der Waals surface area contributed by atoms with Gasteiger partial charge in [0.15, 0.2) is 0 Å². The van der Waals surface area contributed by atoms with Gasteiger partial charge >= 0.3 is 0 Å². The van der Waals surface area contributed by atoms with Gasteiger partial charge in [-0.2, -0.15) is 0 Å². The van der Waals surface area contributed by atoms with Gasteiger partial charge in [-0.1, -0.05) is 13.3 Å². The molecule has 5 rings (SSSR count). The van der Waals surface area contributed by atoms with Crippen LogP contribution in [0, 0.1) is 0 Å². The predicted octanol–water partition coefficient (Wildman–Crippen LogP) is 3.51. The summed E-state index contributed by atoms with van der Waals surface area (Å²) in [5.41, 5.74) is 1.36. The Hall–Kier alpha value is -2.12. The van der Waals surface area contributed by atoms with Gasteiger partial charge in [-0.3, -0.25) is 9.36 Å². The van der Waals surface area contributed by atoms with Gasteiger partial charge in [0.05, 0.1) is 18.2 Å². The first-order valence-corrected chi connectivity index (χ1v) is 11.6. The molecule has 1 saturated heterocycles. The Labute approximate surface area is 174 Å². The van der Waals surface area contributed by atoms with Gasteiger partial charge in [-0.15, -0.1) is 11.3 Å². The molecule has 1 fully saturated rings. The molecule has 2 aliphatic rings. The van der Waals surface area contributed by atoms with E-state index in [9.17, 15) is 4.79 Å². The highest BCUT2D eigenvalue weighted by Gasteiger charge is 2.25. The number of hydrogen-bond donors (Lipinski definition) is 0. The maximum atomic E-state index is 13.7. The van der Waals surface area contributed by atoms with E-state index >= 15 is 0 Å². The van der Waals surface area contributed by atoms with Crippen LogP contribution in [0.4, 0.5) is 5.95 Å². The molecule has 0 unspecified atom stereocenters. The monoisotopic (exact) mass is 412 g/mol. The number of fused-ring (bicyclic) bond motifs is 3. The molecule has 3 aromatic heterocycles. The van der Waals surface area contributed by atoms with Crippen molar-refractivity contribution in [1.29, 1.82) is 0 Å². The van der Waals surface area contributed by atoms with Gasteiger partial charge in [0, 0.05) is 31.1 Å². The van der Waals surface area contributed by atoms with E-state index in [4.69, 9.17) is 9.40 Å². The van der Waals surface area contributed by atoms with Crippen molar-refractivity contribution in [2.24, 2.45) is 0 Å². The lowest BCUT2D eigenvalue weighted by Crippen LogP contribution is -2.48. The lowest BCUT2D eigenvalue weighted by Gasteiger charge is -2.35. The summed E-state index contributed by atoms with van der Waals surface area (Å²) in [6.07, 6.45) is 7.38. The fourth-order valence-electron chi connectivity index (χ4n) is 4.61. The molecule has 154 valence electrons. The molecule has 0 spiro atoms. The average Bonchev–Trinajstić information content (AvgIpc) is 3.32. The van der Waals surface area contributed by atoms with Crippen LogP contribution in [0.3, 0.4) is 0 Å². The second-order valence-corrected chi connectivity index (χ2v) is 9.13. The van der Waals surface area contributed by atoms with Crippen molar-refractivity contribution in [3.8, 4) is 0 Å². The molecule has 0 radical (unpaired) electrons. The second-order valence-electron chi connectivity index (χ2n) is 8.05. The molecule has 0 aromatic carbocycles. The molecule has 0 amide bonds. The molecule has 1 aliphatic carbocycles. The van der Waals surface area contributed by atoms with E-state index in [2.05, 4.69) is 16.7 Å². The SMILES string of the molecule is CCN1CCN(c2nc3sc4c(c3c(=O)n2Cc2ccco2)CCCCC4)CC1. The first-order chi connectivity index (χ1) is 14.2. The minimum Gasteiger partial charge on any atom is -0.467 e. The topological polar surface area (TPSA) is 54.5 Å². The Morgan fingerprint density at radius 1 is 1.14 bits per heavy atom. The Bertz CT molecular complexity index is 1050. The van der Waals surface area contributed by atoms with Crippen molar-refractivity contribution in [3.63, 3.8) is 0 Å². The summed E-state index contributed by atoms with van der Waals surface area (Å²) in [6, 6.07) is 3.81. The molecule has 0 saturated carbocycles. The number of nitrogens with zero attached hydrogens (tertiary/aromatic N) is 4. The molecule has 6 nitrogen and oxygen atoms in total. The van der Waals surface area contributed by atoms with Crippen LogP contribution in [0.15, 0.2) is 27.6 Å². The number of hydrogen-bond acceptors (Lipinski definition) is 6. The van der Waals surface area contributed by atoms with Crippen molar-refractivity contribution in [3.05, 3.63) is 45.0 Å². The summed E-state index contributed by atoms with van der Waals surface area (Å²) in [5.74, 6) is 1.59. The molecular weight excluding hydrogens is 384 g/mol. The highest BCUT2D eigenvalue weighted by molar-refractivity contribution is 7.18. The average molecular weight is 413 g/mol. The van der Waals surface area contributed by atoms with Crippen LogP contribution in [0.5, 0.6) is 0 Å². The molecule has 29 heavy (non-hydrogen) atoms. The zero-order chi connectivity index (χ0) is 19.8. The fourth-order valence-corrected chi connectivity index (χ4v) is 5.86. The lowest BCUT2D eigenvalue weighted by atomic mass is 10.1. The second kappa shape index (κ2) is 7.95. The van der Waals surface area contributed by atoms with Gasteiger partial charge < -0.3 is 14.2 Å². The zero-order valence-corrected chi connectivity index (χ0v) is 17.8. The molecule has 3 aromatic rings. The van der Waals surface area contributed by atoms with E-state index in [0.29, 0.717) is 6.54 Å². The molecule has 4 heterocycles. The Morgan fingerprint density at radius 3 is 2.72 bits per heavy atom. The summed E-state index contributed by atoms with van der Waals surface area (Å²) in [7, 11) is 0. The Balaban J connectivity index is 1.63. The standard InChI is InChI=1S/C22H28N4O2S/c1-2-24-10-12-25(13-11-24)22-23-20-19(17-8-4-3-5-9-18(17)29-20)21(27)26(22)15-16-7-6-14-28-16/h6-7,14H,2-5,8-13,15H2,1H3. The van der Waals surface area contributed by atoms with Crippen LogP contribution in [0.25, 0.3) is 10.2 Å². The molecule has 7 heteroatoms. The number of furan rings is 1. The number of rotatable bonds is 4. The van der Waals surface area contributed by atoms with Gasteiger partial charge in [-0.25, -0.2) is 4.98 Å². The third kappa shape index (κ3) is 3.51. The van der Waals surface area contributed by atoms with Crippen LogP contribution in [-0.4, -0.2) is 47.2 Å². The summed E-state index contributed by atoms with van der Waals surface area (Å²) in [4.78, 5) is 25.8. The molecule has 1 aliphatic heterocycles. The first-order valence-electron chi connectivity index (χ1n) is 10.8. The normalized spacial score (nSPS) is 18.2. The molecule has 0 atom stereocenters. The molecule has 0 bridgehead atoms. The van der Waals surface area contributed by atoms with Gasteiger partial charge in [-0.05, 0) is 49.9 Å². The van der Waals surface area contributed by atoms with E-state index in [-0.39, 0.29) is 5.56 Å². The highest BCUT2D eigenvalue weighted by Crippen LogP contribution is 2.34. The van der Waals surface area contributed by atoms with E-state index in [1.54, 1.807) is 17.6 Å². The summed E-state index contributed by atoms with van der Waals surface area (Å²) in [6.45, 7) is 7.51. The van der Waals surface area contributed by atoms with Gasteiger partial charge in [0.25, 0.3) is 5.56 Å². The third-order valence-corrected chi connectivity index (χ3v) is 7.49. The maximum Gasteiger partial charge on any atom is 0.264 e. The van der Waals surface area contributed by atoms with E-state index in [1.165, 1.54) is 23.3 Å². The van der Waals surface area contributed by atoms with Gasteiger partial charge in [0.2, 0.25) is 5.95 Å². The number of anilines is 1. The van der Waals surface area contributed by atoms with Crippen LogP contribution in [-0.2, 0) is 19.4 Å². The minimum absolute atomic E-state index is 0.0960. The maximum absolute atomic E-state index is 13.7. The summed E-state index contributed by atoms with van der Waals surface area (Å²) in [5, 5.41) is 0.856. The van der Waals surface area contributed by atoms with Crippen LogP contribution < -0.4 is 10.5 Å². The number of aryl methyl sites for hydroxylation is 2. The first kappa shape index (κ1) is 18.9. The number of aromatic nitrogens is 2. The van der Waals surface area contributed by atoms with Crippen molar-refractivity contribution in [2.45, 2.75) is 45.6 Å². The largest absolute Gasteiger partial charge is 0.467 e. The Morgan fingerprint density at radius 2 is 1.97 bits per heavy atom. The lowest BCUT2D eigenvalue weighted by molar-refractivity contribution is 0.269. The van der Waals surface area contributed by atoms with E-state index in [1.807, 2.05) is 16.7 Å². The van der Waals surface area contributed by atoms with Crippen LogP contribution >= 0.6 is 11.3 Å². The fraction of sp³-hybridized carbons (Fsp3) is 0.545. The minimum atomic E-state index is 0.0960. The molecule has 0 N–H and O–H groups in total. The predicted molar refractivity (Wildman–Crippen MR) is 117 cm³/mol. The quantitative estimate of drug-likeness (QED) is 0.614. The third-order valence-electron chi connectivity index (χ3n) is 6.30. The summed E-state index contributed by atoms with van der Waals surface area (Å²) >= 11 is 1.74. The van der Waals surface area contributed by atoms with E-state index < -0.39 is 0 Å². The van der Waals surface area contributed by atoms with Crippen molar-refractivity contribution < 1.29 is 4.42 Å². The number of likely N-dealkylation sites (N-methyl/N-ethyl adjacent to an activating group) is 1.